The molecule has 1 amide bonds. The number of carbonyl (C=O) groups excluding carboxylic acids is 1. The Kier molecular flexibility index (Phi) is 4.65. The zero-order valence-electron chi connectivity index (χ0n) is 10.2. The van der Waals surface area contributed by atoms with Crippen molar-refractivity contribution in [3.8, 4) is 0 Å². The maximum Gasteiger partial charge on any atom is 0.251 e. The van der Waals surface area contributed by atoms with Crippen LogP contribution in [0.4, 0.5) is 0 Å². The minimum Gasteiger partial charge on any atom is -0.348 e. The lowest BCUT2D eigenvalue weighted by atomic mass is 9.99. The fraction of sp³-hybridized carbons (Fsp3) is 0.462. The fourth-order valence-corrected chi connectivity index (χ4v) is 3.04. The molecule has 0 aliphatic carbocycles. The van der Waals surface area contributed by atoms with Crippen LogP contribution in [0.2, 0.25) is 5.02 Å². The number of benzene rings is 1. The average Bonchev–Trinajstić information content (AvgIpc) is 2.31. The molecule has 2 unspecified atom stereocenters. The summed E-state index contributed by atoms with van der Waals surface area (Å²) in [6.07, 6.45) is 2.11. The van der Waals surface area contributed by atoms with E-state index in [2.05, 4.69) is 33.5 Å². The summed E-state index contributed by atoms with van der Waals surface area (Å²) in [6, 6.07) is 5.72. The second-order valence-corrected chi connectivity index (χ2v) is 5.98. The van der Waals surface area contributed by atoms with Gasteiger partial charge < -0.3 is 10.6 Å². The van der Waals surface area contributed by atoms with Gasteiger partial charge in [-0.05, 0) is 44.5 Å². The number of nitrogens with one attached hydrogen (secondary N) is 2. The number of hydrogen-bond donors (Lipinski definition) is 2. The number of amides is 1. The topological polar surface area (TPSA) is 41.1 Å². The molecular formula is C13H16BrClN2O. The van der Waals surface area contributed by atoms with Crippen LogP contribution in [0.5, 0.6) is 0 Å². The predicted octanol–water partition coefficient (Wildman–Crippen LogP) is 2.97. The zero-order chi connectivity index (χ0) is 13.1. The molecule has 1 aliphatic rings. The van der Waals surface area contributed by atoms with Gasteiger partial charge in [0.25, 0.3) is 5.91 Å². The molecule has 2 N–H and O–H groups in total. The lowest BCUT2D eigenvalue weighted by Crippen LogP contribution is -2.51. The number of rotatable bonds is 2. The molecule has 5 heteroatoms. The Morgan fingerprint density at radius 1 is 1.50 bits per heavy atom. The summed E-state index contributed by atoms with van der Waals surface area (Å²) in [5.74, 6) is -0.0706. The third-order valence-corrected chi connectivity index (χ3v) is 3.88. The van der Waals surface area contributed by atoms with Gasteiger partial charge in [0, 0.05) is 27.1 Å². The third-order valence-electron chi connectivity index (χ3n) is 3.20. The summed E-state index contributed by atoms with van der Waals surface area (Å²) in [5.41, 5.74) is 0.590. The molecule has 0 spiro atoms. The van der Waals surface area contributed by atoms with Crippen LogP contribution in [-0.2, 0) is 0 Å². The maximum atomic E-state index is 12.1. The third kappa shape index (κ3) is 3.46. The van der Waals surface area contributed by atoms with E-state index in [1.54, 1.807) is 18.2 Å². The van der Waals surface area contributed by atoms with E-state index in [0.717, 1.165) is 23.9 Å². The van der Waals surface area contributed by atoms with E-state index in [4.69, 9.17) is 11.6 Å². The summed E-state index contributed by atoms with van der Waals surface area (Å²) in [4.78, 5) is 12.1. The van der Waals surface area contributed by atoms with Gasteiger partial charge in [0.2, 0.25) is 0 Å². The molecule has 0 radical (unpaired) electrons. The second kappa shape index (κ2) is 6.04. The lowest BCUT2D eigenvalue weighted by molar-refractivity contribution is 0.0920. The van der Waals surface area contributed by atoms with E-state index in [-0.39, 0.29) is 11.9 Å². The van der Waals surface area contributed by atoms with Gasteiger partial charge in [-0.3, -0.25) is 4.79 Å². The summed E-state index contributed by atoms with van der Waals surface area (Å²) in [6.45, 7) is 3.12. The molecule has 2 atom stereocenters. The van der Waals surface area contributed by atoms with Crippen molar-refractivity contribution >= 4 is 33.4 Å². The molecule has 1 aliphatic heterocycles. The van der Waals surface area contributed by atoms with Crippen LogP contribution in [0.25, 0.3) is 0 Å². The second-order valence-electron chi connectivity index (χ2n) is 4.62. The first-order valence-corrected chi connectivity index (χ1v) is 7.23. The molecule has 1 heterocycles. The van der Waals surface area contributed by atoms with Gasteiger partial charge in [-0.1, -0.05) is 27.5 Å². The van der Waals surface area contributed by atoms with Crippen molar-refractivity contribution in [3.05, 3.63) is 33.3 Å². The molecular weight excluding hydrogens is 316 g/mol. The van der Waals surface area contributed by atoms with Crippen molar-refractivity contribution in [2.75, 3.05) is 6.54 Å². The van der Waals surface area contributed by atoms with Crippen molar-refractivity contribution in [2.24, 2.45) is 0 Å². The molecule has 0 aromatic heterocycles. The van der Waals surface area contributed by atoms with Crippen molar-refractivity contribution in [3.63, 3.8) is 0 Å². The maximum absolute atomic E-state index is 12.1. The van der Waals surface area contributed by atoms with Gasteiger partial charge in [-0.25, -0.2) is 0 Å². The van der Waals surface area contributed by atoms with Crippen LogP contribution in [0.15, 0.2) is 22.7 Å². The Labute approximate surface area is 120 Å². The normalized spacial score (nSPS) is 23.7. The SMILES string of the molecule is CC1NCCCC1NC(=O)c1cc(Cl)cc(Br)c1. The molecule has 1 aromatic carbocycles. The van der Waals surface area contributed by atoms with E-state index in [1.807, 2.05) is 0 Å². The summed E-state index contributed by atoms with van der Waals surface area (Å²) < 4.78 is 0.815. The van der Waals surface area contributed by atoms with E-state index in [0.29, 0.717) is 16.6 Å². The fourth-order valence-electron chi connectivity index (χ4n) is 2.18. The molecule has 1 aromatic rings. The van der Waals surface area contributed by atoms with Crippen LogP contribution in [0.3, 0.4) is 0 Å². The van der Waals surface area contributed by atoms with Gasteiger partial charge in [-0.2, -0.15) is 0 Å². The smallest absolute Gasteiger partial charge is 0.251 e. The lowest BCUT2D eigenvalue weighted by Gasteiger charge is -2.30. The van der Waals surface area contributed by atoms with Crippen LogP contribution >= 0.6 is 27.5 Å². The average molecular weight is 332 g/mol. The summed E-state index contributed by atoms with van der Waals surface area (Å²) >= 11 is 9.28. The Morgan fingerprint density at radius 3 is 2.94 bits per heavy atom. The highest BCUT2D eigenvalue weighted by molar-refractivity contribution is 9.10. The molecule has 98 valence electrons. The quantitative estimate of drug-likeness (QED) is 0.875. The van der Waals surface area contributed by atoms with Gasteiger partial charge in [-0.15, -0.1) is 0 Å². The molecule has 1 saturated heterocycles. The monoisotopic (exact) mass is 330 g/mol. The number of carbonyl (C=O) groups is 1. The molecule has 3 nitrogen and oxygen atoms in total. The Morgan fingerprint density at radius 2 is 2.28 bits per heavy atom. The number of hydrogen-bond acceptors (Lipinski definition) is 2. The van der Waals surface area contributed by atoms with Crippen LogP contribution < -0.4 is 10.6 Å². The van der Waals surface area contributed by atoms with Crippen molar-refractivity contribution in [2.45, 2.75) is 31.8 Å². The molecule has 0 bridgehead atoms. The first-order chi connectivity index (χ1) is 8.56. The Bertz CT molecular complexity index is 432. The van der Waals surface area contributed by atoms with Crippen LogP contribution in [0, 0.1) is 0 Å². The minimum absolute atomic E-state index is 0.0706. The van der Waals surface area contributed by atoms with Crippen molar-refractivity contribution < 1.29 is 4.79 Å². The van der Waals surface area contributed by atoms with Crippen molar-refractivity contribution in [1.29, 1.82) is 0 Å². The van der Waals surface area contributed by atoms with Gasteiger partial charge in [0.1, 0.15) is 0 Å². The molecule has 2 rings (SSSR count). The van der Waals surface area contributed by atoms with Gasteiger partial charge in [0.15, 0.2) is 0 Å². The number of halogens is 2. The molecule has 1 fully saturated rings. The highest BCUT2D eigenvalue weighted by atomic mass is 79.9. The van der Waals surface area contributed by atoms with E-state index in [1.165, 1.54) is 0 Å². The van der Waals surface area contributed by atoms with E-state index < -0.39 is 0 Å². The van der Waals surface area contributed by atoms with Crippen LogP contribution in [0.1, 0.15) is 30.1 Å². The Balaban J connectivity index is 2.06. The summed E-state index contributed by atoms with van der Waals surface area (Å²) in [5, 5.41) is 6.98. The molecule has 0 saturated carbocycles. The molecule has 18 heavy (non-hydrogen) atoms. The van der Waals surface area contributed by atoms with E-state index in [9.17, 15) is 4.79 Å². The largest absolute Gasteiger partial charge is 0.348 e. The standard InChI is InChI=1S/C13H16BrClN2O/c1-8-12(3-2-4-16-8)17-13(18)9-5-10(14)7-11(15)6-9/h5-8,12,16H,2-4H2,1H3,(H,17,18). The number of piperidine rings is 1. The highest BCUT2D eigenvalue weighted by Gasteiger charge is 2.22. The van der Waals surface area contributed by atoms with E-state index >= 15 is 0 Å². The van der Waals surface area contributed by atoms with Gasteiger partial charge >= 0.3 is 0 Å². The Hall–Kier alpha value is -0.580. The summed E-state index contributed by atoms with van der Waals surface area (Å²) in [7, 11) is 0. The van der Waals surface area contributed by atoms with Gasteiger partial charge in [0.05, 0.1) is 0 Å². The minimum atomic E-state index is -0.0706. The first-order valence-electron chi connectivity index (χ1n) is 6.06. The predicted molar refractivity (Wildman–Crippen MR) is 77.1 cm³/mol. The highest BCUT2D eigenvalue weighted by Crippen LogP contribution is 2.20. The first kappa shape index (κ1) is 13.8. The zero-order valence-corrected chi connectivity index (χ0v) is 12.5. The van der Waals surface area contributed by atoms with Crippen molar-refractivity contribution in [1.82, 2.24) is 10.6 Å². The van der Waals surface area contributed by atoms with Crippen LogP contribution in [-0.4, -0.2) is 24.5 Å².